The van der Waals surface area contributed by atoms with Gasteiger partial charge >= 0.3 is 0 Å². The molecule has 2 aromatic carbocycles. The number of halogens is 1. The number of hydrogen-bond donors (Lipinski definition) is 1. The summed E-state index contributed by atoms with van der Waals surface area (Å²) in [5, 5.41) is 4.92. The molecule has 0 saturated heterocycles. The normalized spacial score (nSPS) is 13.2. The van der Waals surface area contributed by atoms with Crippen LogP contribution < -0.4 is 10.5 Å². The van der Waals surface area contributed by atoms with Gasteiger partial charge in [0.2, 0.25) is 0 Å². The number of rotatable bonds is 5. The van der Waals surface area contributed by atoms with E-state index in [1.54, 1.807) is 12.1 Å². The summed E-state index contributed by atoms with van der Waals surface area (Å²) in [6, 6.07) is 15.8. The van der Waals surface area contributed by atoms with Crippen molar-refractivity contribution in [1.29, 1.82) is 0 Å². The molecule has 0 heterocycles. The molecule has 2 rings (SSSR count). The van der Waals surface area contributed by atoms with E-state index >= 15 is 0 Å². The van der Waals surface area contributed by atoms with Gasteiger partial charge in [0.05, 0.1) is 8.07 Å². The van der Waals surface area contributed by atoms with Crippen LogP contribution in [-0.4, -0.2) is 8.07 Å². The Bertz CT molecular complexity index is 587. The average molecular weight is 301 g/mol. The van der Waals surface area contributed by atoms with E-state index in [1.165, 1.54) is 16.8 Å². The predicted molar refractivity (Wildman–Crippen MR) is 91.1 cm³/mol. The zero-order valence-corrected chi connectivity index (χ0v) is 14.3. The molecule has 2 aromatic rings. The topological polar surface area (TPSA) is 12.0 Å². The summed E-state index contributed by atoms with van der Waals surface area (Å²) >= 11 is 0. The fraction of sp³-hybridized carbons (Fsp3) is 0.333. The highest BCUT2D eigenvalue weighted by Crippen LogP contribution is 2.14. The van der Waals surface area contributed by atoms with Gasteiger partial charge in [0, 0.05) is 12.6 Å². The first-order valence-electron chi connectivity index (χ1n) is 7.44. The van der Waals surface area contributed by atoms with Gasteiger partial charge in [-0.2, -0.15) is 0 Å². The molecule has 0 radical (unpaired) electrons. The molecule has 0 aliphatic carbocycles. The molecule has 1 N–H and O–H groups in total. The Balaban J connectivity index is 1.97. The largest absolute Gasteiger partial charge is 0.306 e. The molecule has 0 amide bonds. The third-order valence-corrected chi connectivity index (χ3v) is 5.85. The first kappa shape index (κ1) is 15.9. The molecule has 0 unspecified atom stereocenters. The van der Waals surface area contributed by atoms with Crippen LogP contribution in [0.25, 0.3) is 0 Å². The van der Waals surface area contributed by atoms with E-state index < -0.39 is 8.07 Å². The maximum absolute atomic E-state index is 13.2. The SMILES string of the molecule is C[C@@H](NCc1ccc([Si](C)(C)C)cc1)c1cccc(F)c1. The molecule has 0 aliphatic heterocycles. The maximum Gasteiger partial charge on any atom is 0.123 e. The molecule has 0 aromatic heterocycles. The molecule has 0 spiro atoms. The van der Waals surface area contributed by atoms with Crippen LogP contribution in [0.1, 0.15) is 24.1 Å². The summed E-state index contributed by atoms with van der Waals surface area (Å²) in [6.45, 7) is 9.92. The van der Waals surface area contributed by atoms with E-state index in [-0.39, 0.29) is 11.9 Å². The van der Waals surface area contributed by atoms with Crippen LogP contribution in [0, 0.1) is 5.82 Å². The molecule has 1 nitrogen and oxygen atoms in total. The summed E-state index contributed by atoms with van der Waals surface area (Å²) in [5.74, 6) is -0.180. The Morgan fingerprint density at radius 2 is 1.71 bits per heavy atom. The summed E-state index contributed by atoms with van der Waals surface area (Å²) in [7, 11) is -1.22. The minimum absolute atomic E-state index is 0.136. The molecular formula is C18H24FNSi. The zero-order valence-electron chi connectivity index (χ0n) is 13.3. The lowest BCUT2D eigenvalue weighted by Crippen LogP contribution is -2.37. The second-order valence-electron chi connectivity index (χ2n) is 6.60. The summed E-state index contributed by atoms with van der Waals surface area (Å²) in [5.41, 5.74) is 2.24. The Labute approximate surface area is 128 Å². The van der Waals surface area contributed by atoms with Crippen molar-refractivity contribution in [2.75, 3.05) is 0 Å². The highest BCUT2D eigenvalue weighted by Gasteiger charge is 2.15. The lowest BCUT2D eigenvalue weighted by molar-refractivity contribution is 0.565. The Morgan fingerprint density at radius 3 is 2.29 bits per heavy atom. The van der Waals surface area contributed by atoms with Crippen LogP contribution in [0.2, 0.25) is 19.6 Å². The van der Waals surface area contributed by atoms with Crippen LogP contribution in [-0.2, 0) is 6.54 Å². The highest BCUT2D eigenvalue weighted by atomic mass is 28.3. The average Bonchev–Trinajstić information content (AvgIpc) is 2.44. The molecule has 0 saturated carbocycles. The molecule has 3 heteroatoms. The van der Waals surface area contributed by atoms with Gasteiger partial charge in [-0.15, -0.1) is 0 Å². The standard InChI is InChI=1S/C18H24FNSi/c1-14(16-6-5-7-17(19)12-16)20-13-15-8-10-18(11-9-15)21(2,3)4/h5-12,14,20H,13H2,1-4H3/t14-/m1/s1. The van der Waals surface area contributed by atoms with E-state index in [9.17, 15) is 4.39 Å². The van der Waals surface area contributed by atoms with Crippen molar-refractivity contribution in [2.45, 2.75) is 39.2 Å². The molecule has 0 bridgehead atoms. The summed E-state index contributed by atoms with van der Waals surface area (Å²) in [6.07, 6.45) is 0. The lowest BCUT2D eigenvalue weighted by atomic mass is 10.1. The molecule has 112 valence electrons. The third kappa shape index (κ3) is 4.51. The first-order valence-corrected chi connectivity index (χ1v) is 10.9. The highest BCUT2D eigenvalue weighted by molar-refractivity contribution is 6.88. The van der Waals surface area contributed by atoms with Crippen molar-refractivity contribution in [2.24, 2.45) is 0 Å². The van der Waals surface area contributed by atoms with Crippen molar-refractivity contribution >= 4 is 13.3 Å². The molecular weight excluding hydrogens is 277 g/mol. The van der Waals surface area contributed by atoms with Gasteiger partial charge in [0.25, 0.3) is 0 Å². The van der Waals surface area contributed by atoms with Gasteiger partial charge in [-0.1, -0.05) is 61.2 Å². The minimum atomic E-state index is -1.22. The molecule has 21 heavy (non-hydrogen) atoms. The summed E-state index contributed by atoms with van der Waals surface area (Å²) in [4.78, 5) is 0. The smallest absolute Gasteiger partial charge is 0.123 e. The van der Waals surface area contributed by atoms with Crippen molar-refractivity contribution in [3.8, 4) is 0 Å². The van der Waals surface area contributed by atoms with Crippen molar-refractivity contribution in [3.05, 3.63) is 65.5 Å². The van der Waals surface area contributed by atoms with Crippen molar-refractivity contribution < 1.29 is 4.39 Å². The van der Waals surface area contributed by atoms with Gasteiger partial charge in [-0.05, 0) is 30.2 Å². The van der Waals surface area contributed by atoms with Crippen molar-refractivity contribution in [1.82, 2.24) is 5.32 Å². The fourth-order valence-corrected chi connectivity index (χ4v) is 3.45. The van der Waals surface area contributed by atoms with E-state index in [0.717, 1.165) is 12.1 Å². The lowest BCUT2D eigenvalue weighted by Gasteiger charge is -2.18. The number of nitrogens with one attached hydrogen (secondary N) is 1. The van der Waals surface area contributed by atoms with Crippen LogP contribution in [0.4, 0.5) is 4.39 Å². The van der Waals surface area contributed by atoms with Crippen LogP contribution >= 0.6 is 0 Å². The first-order chi connectivity index (χ1) is 9.86. The van der Waals surface area contributed by atoms with Gasteiger partial charge in [-0.3, -0.25) is 0 Å². The monoisotopic (exact) mass is 301 g/mol. The minimum Gasteiger partial charge on any atom is -0.306 e. The van der Waals surface area contributed by atoms with Crippen molar-refractivity contribution in [3.63, 3.8) is 0 Å². The van der Waals surface area contributed by atoms with Gasteiger partial charge in [0.15, 0.2) is 0 Å². The van der Waals surface area contributed by atoms with Crippen LogP contribution in [0.3, 0.4) is 0 Å². The van der Waals surface area contributed by atoms with E-state index in [4.69, 9.17) is 0 Å². The van der Waals surface area contributed by atoms with Crippen LogP contribution in [0.15, 0.2) is 48.5 Å². The quantitative estimate of drug-likeness (QED) is 0.815. The molecule has 1 atom stereocenters. The zero-order chi connectivity index (χ0) is 15.5. The Morgan fingerprint density at radius 1 is 1.05 bits per heavy atom. The summed E-state index contributed by atoms with van der Waals surface area (Å²) < 4.78 is 13.2. The number of hydrogen-bond acceptors (Lipinski definition) is 1. The second-order valence-corrected chi connectivity index (χ2v) is 11.7. The second kappa shape index (κ2) is 6.54. The predicted octanol–water partition coefficient (Wildman–Crippen LogP) is 4.22. The van der Waals surface area contributed by atoms with Gasteiger partial charge in [-0.25, -0.2) is 4.39 Å². The Kier molecular flexibility index (Phi) is 4.96. The maximum atomic E-state index is 13.2. The molecule has 0 aliphatic rings. The van der Waals surface area contributed by atoms with Crippen LogP contribution in [0.5, 0.6) is 0 Å². The number of benzene rings is 2. The fourth-order valence-electron chi connectivity index (χ4n) is 2.29. The third-order valence-electron chi connectivity index (χ3n) is 3.78. The van der Waals surface area contributed by atoms with Gasteiger partial charge in [0.1, 0.15) is 5.82 Å². The molecule has 0 fully saturated rings. The Hall–Kier alpha value is -1.45. The van der Waals surface area contributed by atoms with Gasteiger partial charge < -0.3 is 5.32 Å². The van der Waals surface area contributed by atoms with E-state index in [2.05, 4.69) is 56.1 Å². The van der Waals surface area contributed by atoms with E-state index in [0.29, 0.717) is 0 Å². The van der Waals surface area contributed by atoms with E-state index in [1.807, 2.05) is 6.07 Å².